The van der Waals surface area contributed by atoms with Crippen LogP contribution in [0.1, 0.15) is 23.1 Å². The average molecular weight is 607 g/mol. The molecule has 228 valence electrons. The van der Waals surface area contributed by atoms with Crippen LogP contribution in [0.4, 0.5) is 28.4 Å². The van der Waals surface area contributed by atoms with Gasteiger partial charge in [0.05, 0.1) is 17.4 Å². The van der Waals surface area contributed by atoms with Gasteiger partial charge in [-0.3, -0.25) is 0 Å². The summed E-state index contributed by atoms with van der Waals surface area (Å²) < 4.78 is 0. The highest BCUT2D eigenvalue weighted by Gasteiger charge is 2.24. The summed E-state index contributed by atoms with van der Waals surface area (Å²) in [5, 5.41) is 7.50. The van der Waals surface area contributed by atoms with Gasteiger partial charge in [0.15, 0.2) is 0 Å². The summed E-state index contributed by atoms with van der Waals surface area (Å²) in [6.45, 7) is 6.45. The zero-order valence-electron chi connectivity index (χ0n) is 27.2. The summed E-state index contributed by atoms with van der Waals surface area (Å²) >= 11 is 0. The number of hydrogen-bond donors (Lipinski definition) is 0. The first-order valence-electron chi connectivity index (χ1n) is 16.5. The SMILES string of the molecule is Cc1ccc(N(c2ccc(C)cc2)c2cc3c4ccccc4c(N(c4ccc(C)cc4)C4C=CC=CC4)cc3c3ccccc23)cc1. The Kier molecular flexibility index (Phi) is 7.34. The smallest absolute Gasteiger partial charge is 0.0560 e. The van der Waals surface area contributed by atoms with Gasteiger partial charge in [0, 0.05) is 27.8 Å². The molecule has 0 aromatic heterocycles. The van der Waals surface area contributed by atoms with Crippen molar-refractivity contribution in [3.8, 4) is 0 Å². The number of nitrogens with zero attached hydrogens (tertiary/aromatic N) is 2. The summed E-state index contributed by atoms with van der Waals surface area (Å²) in [7, 11) is 0. The van der Waals surface area contributed by atoms with E-state index < -0.39 is 0 Å². The van der Waals surface area contributed by atoms with Crippen molar-refractivity contribution < 1.29 is 0 Å². The van der Waals surface area contributed by atoms with Gasteiger partial charge in [0.1, 0.15) is 0 Å². The van der Waals surface area contributed by atoms with Crippen LogP contribution in [-0.4, -0.2) is 6.04 Å². The number of aryl methyl sites for hydroxylation is 3. The molecule has 47 heavy (non-hydrogen) atoms. The highest BCUT2D eigenvalue weighted by atomic mass is 15.2. The Morgan fingerprint density at radius 3 is 1.38 bits per heavy atom. The zero-order valence-corrected chi connectivity index (χ0v) is 27.2. The minimum Gasteiger partial charge on any atom is -0.334 e. The van der Waals surface area contributed by atoms with Crippen molar-refractivity contribution in [1.82, 2.24) is 0 Å². The fourth-order valence-electron chi connectivity index (χ4n) is 7.09. The van der Waals surface area contributed by atoms with Crippen LogP contribution < -0.4 is 9.80 Å². The fourth-order valence-corrected chi connectivity index (χ4v) is 7.09. The van der Waals surface area contributed by atoms with Crippen LogP contribution in [-0.2, 0) is 0 Å². The third-order valence-corrected chi connectivity index (χ3v) is 9.53. The van der Waals surface area contributed by atoms with Crippen molar-refractivity contribution >= 4 is 60.8 Å². The largest absolute Gasteiger partial charge is 0.334 e. The van der Waals surface area contributed by atoms with Crippen LogP contribution in [0.2, 0.25) is 0 Å². The lowest BCUT2D eigenvalue weighted by Crippen LogP contribution is -2.30. The summed E-state index contributed by atoms with van der Waals surface area (Å²) in [6, 6.07) is 49.7. The number of allylic oxidation sites excluding steroid dienone is 2. The minimum absolute atomic E-state index is 0.215. The van der Waals surface area contributed by atoms with Crippen molar-refractivity contribution in [2.45, 2.75) is 33.2 Å². The van der Waals surface area contributed by atoms with Gasteiger partial charge in [-0.05, 0) is 97.3 Å². The fraction of sp³-hybridized carbons (Fsp3) is 0.111. The number of fused-ring (bicyclic) bond motifs is 5. The molecule has 0 saturated carbocycles. The molecule has 1 aliphatic carbocycles. The normalized spacial score (nSPS) is 14.2. The van der Waals surface area contributed by atoms with Gasteiger partial charge in [-0.2, -0.15) is 0 Å². The molecule has 1 aliphatic rings. The summed E-state index contributed by atoms with van der Waals surface area (Å²) in [4.78, 5) is 4.95. The molecule has 0 fully saturated rings. The lowest BCUT2D eigenvalue weighted by Gasteiger charge is -2.34. The molecule has 0 aliphatic heterocycles. The lowest BCUT2D eigenvalue weighted by molar-refractivity contribution is 0.787. The Labute approximate surface area is 277 Å². The molecular weight excluding hydrogens is 569 g/mol. The number of hydrogen-bond acceptors (Lipinski definition) is 2. The predicted octanol–water partition coefficient (Wildman–Crippen LogP) is 12.6. The molecule has 0 radical (unpaired) electrons. The van der Waals surface area contributed by atoms with Gasteiger partial charge in [0.25, 0.3) is 0 Å². The van der Waals surface area contributed by atoms with E-state index in [1.165, 1.54) is 66.1 Å². The molecule has 2 nitrogen and oxygen atoms in total. The molecule has 0 heterocycles. The van der Waals surface area contributed by atoms with Crippen LogP contribution in [0.15, 0.2) is 158 Å². The van der Waals surface area contributed by atoms with Crippen LogP contribution in [0.25, 0.3) is 32.3 Å². The van der Waals surface area contributed by atoms with Gasteiger partial charge in [-0.1, -0.05) is 126 Å². The second-order valence-corrected chi connectivity index (χ2v) is 12.8. The molecule has 7 aromatic carbocycles. The molecule has 2 heteroatoms. The van der Waals surface area contributed by atoms with Gasteiger partial charge < -0.3 is 9.80 Å². The lowest BCUT2D eigenvalue weighted by atomic mass is 9.92. The zero-order chi connectivity index (χ0) is 31.9. The highest BCUT2D eigenvalue weighted by Crippen LogP contribution is 2.46. The number of rotatable bonds is 6. The van der Waals surface area contributed by atoms with E-state index in [0.717, 1.165) is 17.8 Å². The van der Waals surface area contributed by atoms with Crippen LogP contribution in [0, 0.1) is 20.8 Å². The van der Waals surface area contributed by atoms with E-state index in [9.17, 15) is 0 Å². The molecule has 0 spiro atoms. The van der Waals surface area contributed by atoms with E-state index in [1.807, 2.05) is 0 Å². The first-order valence-corrected chi connectivity index (χ1v) is 16.5. The molecule has 0 bridgehead atoms. The maximum Gasteiger partial charge on any atom is 0.0560 e. The molecule has 0 amide bonds. The van der Waals surface area contributed by atoms with E-state index in [1.54, 1.807) is 0 Å². The van der Waals surface area contributed by atoms with Gasteiger partial charge in [-0.25, -0.2) is 0 Å². The van der Waals surface area contributed by atoms with E-state index >= 15 is 0 Å². The van der Waals surface area contributed by atoms with E-state index in [0.29, 0.717) is 0 Å². The Balaban J connectivity index is 1.44. The van der Waals surface area contributed by atoms with E-state index in [-0.39, 0.29) is 6.04 Å². The Bertz CT molecular complexity index is 2250. The molecule has 0 N–H and O–H groups in total. The number of benzene rings is 7. The van der Waals surface area contributed by atoms with Crippen LogP contribution in [0.3, 0.4) is 0 Å². The molecule has 0 saturated heterocycles. The topological polar surface area (TPSA) is 6.48 Å². The maximum absolute atomic E-state index is 2.54. The standard InChI is InChI=1S/C45H38N2/c1-31-17-23-35(24-18-31)46(34-11-5-4-6-12-34)44-29-42-39-14-8-10-16-41(39)45(30-43(42)38-13-7-9-15-40(38)44)47(36-25-19-32(2)20-26-36)37-27-21-33(3)22-28-37/h4-11,13-30,34H,12H2,1-3H3. The second-order valence-electron chi connectivity index (χ2n) is 12.8. The third kappa shape index (κ3) is 5.26. The van der Waals surface area contributed by atoms with Crippen molar-refractivity contribution in [1.29, 1.82) is 0 Å². The second kappa shape index (κ2) is 12.0. The summed E-state index contributed by atoms with van der Waals surface area (Å²) in [5.74, 6) is 0. The van der Waals surface area contributed by atoms with E-state index in [4.69, 9.17) is 0 Å². The van der Waals surface area contributed by atoms with Crippen molar-refractivity contribution in [3.63, 3.8) is 0 Å². The molecule has 7 aromatic rings. The Morgan fingerprint density at radius 1 is 0.447 bits per heavy atom. The summed E-state index contributed by atoms with van der Waals surface area (Å²) in [5.41, 5.74) is 9.67. The van der Waals surface area contributed by atoms with Crippen LogP contribution in [0.5, 0.6) is 0 Å². The Morgan fingerprint density at radius 2 is 0.894 bits per heavy atom. The quantitative estimate of drug-likeness (QED) is 0.174. The molecule has 1 atom stereocenters. The first-order chi connectivity index (χ1) is 23.0. The van der Waals surface area contributed by atoms with Crippen LogP contribution >= 0.6 is 0 Å². The highest BCUT2D eigenvalue weighted by molar-refractivity contribution is 6.24. The van der Waals surface area contributed by atoms with Gasteiger partial charge >= 0.3 is 0 Å². The van der Waals surface area contributed by atoms with Crippen molar-refractivity contribution in [3.05, 3.63) is 174 Å². The third-order valence-electron chi connectivity index (χ3n) is 9.53. The maximum atomic E-state index is 2.54. The average Bonchev–Trinajstić information content (AvgIpc) is 3.11. The van der Waals surface area contributed by atoms with Crippen molar-refractivity contribution in [2.75, 3.05) is 9.80 Å². The minimum atomic E-state index is 0.215. The molecule has 1 unspecified atom stereocenters. The summed E-state index contributed by atoms with van der Waals surface area (Å²) in [6.07, 6.45) is 9.91. The monoisotopic (exact) mass is 606 g/mol. The molecular formula is C45H38N2. The predicted molar refractivity (Wildman–Crippen MR) is 203 cm³/mol. The first kappa shape index (κ1) is 28.8. The van der Waals surface area contributed by atoms with Gasteiger partial charge in [-0.15, -0.1) is 0 Å². The Hall–Kier alpha value is -5.60. The molecule has 8 rings (SSSR count). The van der Waals surface area contributed by atoms with Gasteiger partial charge in [0.2, 0.25) is 0 Å². The van der Waals surface area contributed by atoms with E-state index in [2.05, 4.69) is 188 Å². The van der Waals surface area contributed by atoms with Crippen molar-refractivity contribution in [2.24, 2.45) is 0 Å². The number of anilines is 5.